The largest absolute Gasteiger partial charge is 0.390 e. The van der Waals surface area contributed by atoms with Crippen LogP contribution >= 0.6 is 0 Å². The number of rotatable bonds is 7. The number of guanidine groups is 1. The van der Waals surface area contributed by atoms with Crippen LogP contribution in [0.15, 0.2) is 4.99 Å². The van der Waals surface area contributed by atoms with Crippen LogP contribution in [0.2, 0.25) is 0 Å². The van der Waals surface area contributed by atoms with E-state index in [1.54, 1.807) is 0 Å². The molecule has 8 N–H and O–H groups in total. The van der Waals surface area contributed by atoms with E-state index in [-0.39, 0.29) is 18.9 Å². The summed E-state index contributed by atoms with van der Waals surface area (Å²) in [7, 11) is 0. The lowest BCUT2D eigenvalue weighted by Gasteiger charge is -2.18. The molecule has 0 bridgehead atoms. The van der Waals surface area contributed by atoms with Gasteiger partial charge in [0.15, 0.2) is 5.96 Å². The van der Waals surface area contributed by atoms with E-state index in [2.05, 4.69) is 10.3 Å². The molecule has 0 aliphatic rings. The number of carbonyl (C=O) groups is 2. The molecule has 0 aromatic carbocycles. The predicted molar refractivity (Wildman–Crippen MR) is 53.5 cm³/mol. The van der Waals surface area contributed by atoms with Crippen molar-refractivity contribution in [3.05, 3.63) is 0 Å². The van der Waals surface area contributed by atoms with Gasteiger partial charge in [-0.3, -0.25) is 14.6 Å². The number of amides is 2. The van der Waals surface area contributed by atoms with E-state index in [4.69, 9.17) is 17.2 Å². The van der Waals surface area contributed by atoms with Crippen molar-refractivity contribution < 1.29 is 14.7 Å². The topological polar surface area (TPSA) is 157 Å². The first-order chi connectivity index (χ1) is 6.99. The molecule has 8 nitrogen and oxygen atoms in total. The van der Waals surface area contributed by atoms with Gasteiger partial charge in [0.2, 0.25) is 12.3 Å². The molecule has 0 rings (SSSR count). The Morgan fingerprint density at radius 2 is 2.07 bits per heavy atom. The smallest absolute Gasteiger partial charge is 0.242 e. The lowest BCUT2D eigenvalue weighted by atomic mass is 10.1. The van der Waals surface area contributed by atoms with Crippen LogP contribution in [-0.4, -0.2) is 42.1 Å². The van der Waals surface area contributed by atoms with Crippen molar-refractivity contribution in [2.75, 3.05) is 6.54 Å². The molecule has 2 atom stereocenters. The second-order valence-corrected chi connectivity index (χ2v) is 2.83. The molecule has 0 spiro atoms. The Morgan fingerprint density at radius 1 is 1.47 bits per heavy atom. The summed E-state index contributed by atoms with van der Waals surface area (Å²) < 4.78 is 0. The molecule has 8 heteroatoms. The minimum Gasteiger partial charge on any atom is -0.390 e. The zero-order valence-corrected chi connectivity index (χ0v) is 8.09. The Balaban J connectivity index is 4.13. The Morgan fingerprint density at radius 3 is 2.47 bits per heavy atom. The van der Waals surface area contributed by atoms with Crippen LogP contribution in [0.3, 0.4) is 0 Å². The summed E-state index contributed by atoms with van der Waals surface area (Å²) in [6.07, 6.45) is -0.707. The highest BCUT2D eigenvalue weighted by Gasteiger charge is 2.23. The van der Waals surface area contributed by atoms with E-state index in [1.807, 2.05) is 0 Å². The molecule has 0 saturated heterocycles. The number of carbonyl (C=O) groups excluding carboxylic acids is 2. The molecule has 2 amide bonds. The molecule has 0 fully saturated rings. The molecule has 86 valence electrons. The van der Waals surface area contributed by atoms with Crippen LogP contribution in [0.25, 0.3) is 0 Å². The van der Waals surface area contributed by atoms with Crippen molar-refractivity contribution in [3.63, 3.8) is 0 Å². The maximum Gasteiger partial charge on any atom is 0.242 e. The molecule has 0 aromatic heterocycles. The van der Waals surface area contributed by atoms with Crippen LogP contribution in [0.1, 0.15) is 6.42 Å². The van der Waals surface area contributed by atoms with Gasteiger partial charge in [0.25, 0.3) is 0 Å². The van der Waals surface area contributed by atoms with Gasteiger partial charge in [-0.25, -0.2) is 0 Å². The van der Waals surface area contributed by atoms with E-state index < -0.39 is 18.1 Å². The van der Waals surface area contributed by atoms with Crippen molar-refractivity contribution >= 4 is 18.3 Å². The Bertz CT molecular complexity index is 251. The van der Waals surface area contributed by atoms with Gasteiger partial charge in [-0.05, 0) is 6.42 Å². The van der Waals surface area contributed by atoms with Gasteiger partial charge < -0.3 is 27.6 Å². The van der Waals surface area contributed by atoms with Crippen LogP contribution in [0.4, 0.5) is 0 Å². The highest BCUT2D eigenvalue weighted by molar-refractivity contribution is 5.82. The van der Waals surface area contributed by atoms with Gasteiger partial charge in [-0.1, -0.05) is 0 Å². The number of aliphatic hydroxyl groups excluding tert-OH is 1. The van der Waals surface area contributed by atoms with Crippen LogP contribution in [0.5, 0.6) is 0 Å². The van der Waals surface area contributed by atoms with Gasteiger partial charge >= 0.3 is 0 Å². The second kappa shape index (κ2) is 6.60. The van der Waals surface area contributed by atoms with Gasteiger partial charge in [0, 0.05) is 6.54 Å². The van der Waals surface area contributed by atoms with Crippen molar-refractivity contribution in [1.82, 2.24) is 5.32 Å². The average Bonchev–Trinajstić information content (AvgIpc) is 2.12. The maximum absolute atomic E-state index is 10.8. The lowest BCUT2D eigenvalue weighted by Crippen LogP contribution is -2.49. The zero-order chi connectivity index (χ0) is 11.8. The third-order valence-electron chi connectivity index (χ3n) is 1.66. The first-order valence-corrected chi connectivity index (χ1v) is 4.21. The minimum absolute atomic E-state index is 0.110. The number of primary amides is 1. The number of nitrogens with one attached hydrogen (secondary N) is 1. The number of aliphatic imine (C=N–C) groups is 1. The highest BCUT2D eigenvalue weighted by atomic mass is 16.3. The Kier molecular flexibility index (Phi) is 5.79. The third-order valence-corrected chi connectivity index (χ3v) is 1.66. The van der Waals surface area contributed by atoms with Crippen molar-refractivity contribution in [2.24, 2.45) is 22.2 Å². The van der Waals surface area contributed by atoms with E-state index >= 15 is 0 Å². The molecular weight excluding hydrogens is 202 g/mol. The van der Waals surface area contributed by atoms with Gasteiger partial charge in [0.05, 0.1) is 6.10 Å². The summed E-state index contributed by atoms with van der Waals surface area (Å²) in [5.41, 5.74) is 15.1. The molecule has 0 unspecified atom stereocenters. The molecular formula is C7H15N5O3. The number of aliphatic hydroxyl groups is 1. The van der Waals surface area contributed by atoms with Gasteiger partial charge in [0.1, 0.15) is 6.04 Å². The first kappa shape index (κ1) is 13.2. The van der Waals surface area contributed by atoms with Crippen molar-refractivity contribution in [3.8, 4) is 0 Å². The SMILES string of the molecule is NC(=O)[C@@H](NC=O)[C@H](O)CCN=C(N)N. The number of hydrogen-bond donors (Lipinski definition) is 5. The maximum atomic E-state index is 10.8. The van der Waals surface area contributed by atoms with Crippen molar-refractivity contribution in [2.45, 2.75) is 18.6 Å². The summed E-state index contributed by atoms with van der Waals surface area (Å²) in [6, 6.07) is -1.13. The van der Waals surface area contributed by atoms with Crippen LogP contribution in [0, 0.1) is 0 Å². The van der Waals surface area contributed by atoms with Crippen LogP contribution in [-0.2, 0) is 9.59 Å². The summed E-state index contributed by atoms with van der Waals surface area (Å²) in [5.74, 6) is -0.930. The van der Waals surface area contributed by atoms with E-state index in [1.165, 1.54) is 0 Å². The average molecular weight is 217 g/mol. The number of hydrogen-bond acceptors (Lipinski definition) is 4. The summed E-state index contributed by atoms with van der Waals surface area (Å²) >= 11 is 0. The summed E-state index contributed by atoms with van der Waals surface area (Å²) in [6.45, 7) is 0.147. The third kappa shape index (κ3) is 5.47. The lowest BCUT2D eigenvalue weighted by molar-refractivity contribution is -0.125. The normalized spacial score (nSPS) is 13.7. The van der Waals surface area contributed by atoms with Crippen molar-refractivity contribution in [1.29, 1.82) is 0 Å². The quantitative estimate of drug-likeness (QED) is 0.171. The fourth-order valence-corrected chi connectivity index (χ4v) is 0.949. The second-order valence-electron chi connectivity index (χ2n) is 2.83. The number of nitrogens with two attached hydrogens (primary N) is 3. The fraction of sp³-hybridized carbons (Fsp3) is 0.571. The van der Waals surface area contributed by atoms with Gasteiger partial charge in [-0.15, -0.1) is 0 Å². The minimum atomic E-state index is -1.13. The molecule has 0 heterocycles. The summed E-state index contributed by atoms with van der Waals surface area (Å²) in [5, 5.41) is 11.6. The van der Waals surface area contributed by atoms with Crippen LogP contribution < -0.4 is 22.5 Å². The Labute approximate surface area is 86.5 Å². The standard InChI is InChI=1S/C7H15N5O3/c8-6(15)5(12-3-13)4(14)1-2-11-7(9)10/h3-5,14H,1-2H2,(H2,8,15)(H,12,13)(H4,9,10,11)/t4-,5+/m1/s1. The van der Waals surface area contributed by atoms with E-state index in [0.717, 1.165) is 0 Å². The molecule has 0 radical (unpaired) electrons. The monoisotopic (exact) mass is 217 g/mol. The Hall–Kier alpha value is -1.83. The van der Waals surface area contributed by atoms with Gasteiger partial charge in [-0.2, -0.15) is 0 Å². The molecule has 15 heavy (non-hydrogen) atoms. The molecule has 0 saturated carbocycles. The summed E-state index contributed by atoms with van der Waals surface area (Å²) in [4.78, 5) is 24.5. The fourth-order valence-electron chi connectivity index (χ4n) is 0.949. The zero-order valence-electron chi connectivity index (χ0n) is 8.09. The van der Waals surface area contributed by atoms with E-state index in [0.29, 0.717) is 6.41 Å². The molecule has 0 aliphatic carbocycles. The van der Waals surface area contributed by atoms with E-state index in [9.17, 15) is 14.7 Å². The first-order valence-electron chi connectivity index (χ1n) is 4.21. The number of nitrogens with zero attached hydrogens (tertiary/aromatic N) is 1. The predicted octanol–water partition coefficient (Wildman–Crippen LogP) is -3.39. The molecule has 0 aliphatic heterocycles. The molecule has 0 aromatic rings. The highest BCUT2D eigenvalue weighted by Crippen LogP contribution is 1.98.